The van der Waals surface area contributed by atoms with Crippen molar-refractivity contribution >= 4 is 5.97 Å². The van der Waals surface area contributed by atoms with Gasteiger partial charge >= 0.3 is 5.97 Å². The molecule has 0 spiro atoms. The first-order valence-electron chi connectivity index (χ1n) is 4.05. The highest BCUT2D eigenvalue weighted by Gasteiger charge is 2.23. The fraction of sp³-hybridized carbons (Fsp3) is 0.500. The van der Waals surface area contributed by atoms with Gasteiger partial charge in [0, 0.05) is 0 Å². The molecule has 66 valence electrons. The Morgan fingerprint density at radius 3 is 2.42 bits per heavy atom. The van der Waals surface area contributed by atoms with E-state index in [2.05, 4.69) is 17.7 Å². The summed E-state index contributed by atoms with van der Waals surface area (Å²) in [5.74, 6) is 0.157. The highest BCUT2D eigenvalue weighted by Crippen LogP contribution is 2.30. The van der Waals surface area contributed by atoms with Crippen molar-refractivity contribution in [2.45, 2.75) is 20.8 Å². The van der Waals surface area contributed by atoms with Gasteiger partial charge in [-0.2, -0.15) is 0 Å². The van der Waals surface area contributed by atoms with Gasteiger partial charge in [0.05, 0.1) is 12.7 Å². The number of ether oxygens (including phenoxy) is 1. The number of methoxy groups -OCH3 is 1. The predicted octanol–water partition coefficient (Wildman–Crippen LogP) is 2.07. The minimum absolute atomic E-state index is 0.217. The van der Waals surface area contributed by atoms with Crippen LogP contribution in [0.2, 0.25) is 0 Å². The smallest absolute Gasteiger partial charge is 0.338 e. The van der Waals surface area contributed by atoms with Crippen molar-refractivity contribution in [3.8, 4) is 0 Å². The summed E-state index contributed by atoms with van der Waals surface area (Å²) >= 11 is 0. The zero-order valence-corrected chi connectivity index (χ0v) is 7.97. The van der Waals surface area contributed by atoms with Gasteiger partial charge in [0.1, 0.15) is 0 Å². The molecular weight excluding hydrogens is 152 g/mol. The Labute approximate surface area is 72.9 Å². The van der Waals surface area contributed by atoms with Gasteiger partial charge in [-0.15, -0.1) is 0 Å². The lowest BCUT2D eigenvalue weighted by atomic mass is 10.0. The van der Waals surface area contributed by atoms with Crippen LogP contribution in [0.4, 0.5) is 0 Å². The van der Waals surface area contributed by atoms with Crippen molar-refractivity contribution in [1.82, 2.24) is 0 Å². The van der Waals surface area contributed by atoms with E-state index in [1.807, 2.05) is 13.8 Å². The molecule has 2 heteroatoms. The normalized spacial score (nSPS) is 22.7. The van der Waals surface area contributed by atoms with E-state index in [0.29, 0.717) is 5.92 Å². The second kappa shape index (κ2) is 3.13. The third-order valence-electron chi connectivity index (χ3n) is 2.36. The zero-order valence-electron chi connectivity index (χ0n) is 7.97. The Morgan fingerprint density at radius 2 is 2.08 bits per heavy atom. The molecule has 12 heavy (non-hydrogen) atoms. The Bertz CT molecular complexity index is 272. The molecule has 0 N–H and O–H groups in total. The Morgan fingerprint density at radius 1 is 1.50 bits per heavy atom. The number of carbonyl (C=O) groups is 1. The summed E-state index contributed by atoms with van der Waals surface area (Å²) < 4.78 is 4.69. The van der Waals surface area contributed by atoms with Gasteiger partial charge in [0.2, 0.25) is 0 Å². The molecule has 0 fully saturated rings. The summed E-state index contributed by atoms with van der Waals surface area (Å²) in [7, 11) is 1.42. The van der Waals surface area contributed by atoms with Crippen LogP contribution in [-0.4, -0.2) is 13.1 Å². The number of esters is 1. The molecule has 1 aliphatic carbocycles. The third kappa shape index (κ3) is 1.29. The molecule has 0 aliphatic heterocycles. The summed E-state index contributed by atoms with van der Waals surface area (Å²) in [6.45, 7) is 6.00. The summed E-state index contributed by atoms with van der Waals surface area (Å²) in [5.41, 5.74) is 2.90. The SMILES string of the molecule is COC(=O)C1=C(C)C(C)C=C1C. The molecule has 0 saturated carbocycles. The molecule has 0 radical (unpaired) electrons. The number of hydrogen-bond acceptors (Lipinski definition) is 2. The van der Waals surface area contributed by atoms with Crippen LogP contribution < -0.4 is 0 Å². The number of carbonyl (C=O) groups excluding carboxylic acids is 1. The summed E-state index contributed by atoms with van der Waals surface area (Å²) in [6, 6.07) is 0. The van der Waals surface area contributed by atoms with Crippen LogP contribution >= 0.6 is 0 Å². The van der Waals surface area contributed by atoms with Crippen LogP contribution in [0, 0.1) is 5.92 Å². The first kappa shape index (κ1) is 9.04. The fourth-order valence-corrected chi connectivity index (χ4v) is 1.55. The topological polar surface area (TPSA) is 26.3 Å². The third-order valence-corrected chi connectivity index (χ3v) is 2.36. The quantitative estimate of drug-likeness (QED) is 0.557. The first-order valence-corrected chi connectivity index (χ1v) is 4.05. The van der Waals surface area contributed by atoms with E-state index in [-0.39, 0.29) is 5.97 Å². The van der Waals surface area contributed by atoms with Gasteiger partial charge in [-0.25, -0.2) is 4.79 Å². The van der Waals surface area contributed by atoms with Crippen molar-refractivity contribution in [1.29, 1.82) is 0 Å². The summed E-state index contributed by atoms with van der Waals surface area (Å²) in [4.78, 5) is 11.3. The lowest BCUT2D eigenvalue weighted by Gasteiger charge is -2.04. The molecule has 0 bridgehead atoms. The minimum atomic E-state index is -0.217. The monoisotopic (exact) mass is 166 g/mol. The Kier molecular flexibility index (Phi) is 2.36. The van der Waals surface area contributed by atoms with Gasteiger partial charge in [-0.1, -0.05) is 18.6 Å². The maximum absolute atomic E-state index is 11.3. The van der Waals surface area contributed by atoms with E-state index >= 15 is 0 Å². The van der Waals surface area contributed by atoms with Crippen molar-refractivity contribution in [3.05, 3.63) is 22.8 Å². The molecule has 1 unspecified atom stereocenters. The highest BCUT2D eigenvalue weighted by atomic mass is 16.5. The second-order valence-electron chi connectivity index (χ2n) is 3.19. The van der Waals surface area contributed by atoms with Crippen LogP contribution in [0.15, 0.2) is 22.8 Å². The molecule has 0 saturated heterocycles. The lowest BCUT2D eigenvalue weighted by molar-refractivity contribution is -0.135. The van der Waals surface area contributed by atoms with Crippen molar-refractivity contribution < 1.29 is 9.53 Å². The molecule has 1 rings (SSSR count). The van der Waals surface area contributed by atoms with Crippen LogP contribution in [0.5, 0.6) is 0 Å². The minimum Gasteiger partial charge on any atom is -0.465 e. The van der Waals surface area contributed by atoms with Gasteiger partial charge in [-0.05, 0) is 25.3 Å². The van der Waals surface area contributed by atoms with E-state index < -0.39 is 0 Å². The highest BCUT2D eigenvalue weighted by molar-refractivity contribution is 5.95. The van der Waals surface area contributed by atoms with Gasteiger partial charge in [0.15, 0.2) is 0 Å². The largest absolute Gasteiger partial charge is 0.465 e. The molecule has 0 amide bonds. The molecule has 0 heterocycles. The van der Waals surface area contributed by atoms with Crippen molar-refractivity contribution in [2.24, 2.45) is 5.92 Å². The average Bonchev–Trinajstić information content (AvgIpc) is 2.26. The molecule has 1 aliphatic rings. The number of rotatable bonds is 1. The van der Waals surface area contributed by atoms with Gasteiger partial charge in [0.25, 0.3) is 0 Å². The van der Waals surface area contributed by atoms with E-state index in [9.17, 15) is 4.79 Å². The molecule has 2 nitrogen and oxygen atoms in total. The van der Waals surface area contributed by atoms with Crippen molar-refractivity contribution in [3.63, 3.8) is 0 Å². The van der Waals surface area contributed by atoms with E-state index in [4.69, 9.17) is 0 Å². The van der Waals surface area contributed by atoms with Gasteiger partial charge < -0.3 is 4.74 Å². The van der Waals surface area contributed by atoms with E-state index in [0.717, 1.165) is 16.7 Å². The average molecular weight is 166 g/mol. The lowest BCUT2D eigenvalue weighted by Crippen LogP contribution is -2.06. The second-order valence-corrected chi connectivity index (χ2v) is 3.19. The summed E-state index contributed by atoms with van der Waals surface area (Å²) in [6.07, 6.45) is 2.08. The molecular formula is C10H14O2. The first-order chi connectivity index (χ1) is 5.57. The Balaban J connectivity index is 3.03. The van der Waals surface area contributed by atoms with Crippen LogP contribution in [0.1, 0.15) is 20.8 Å². The fourth-order valence-electron chi connectivity index (χ4n) is 1.55. The molecule has 1 atom stereocenters. The zero-order chi connectivity index (χ0) is 9.30. The van der Waals surface area contributed by atoms with Crippen LogP contribution in [0.3, 0.4) is 0 Å². The Hall–Kier alpha value is -1.05. The van der Waals surface area contributed by atoms with E-state index in [1.165, 1.54) is 7.11 Å². The maximum atomic E-state index is 11.3. The van der Waals surface area contributed by atoms with Crippen LogP contribution in [0.25, 0.3) is 0 Å². The number of hydrogen-bond donors (Lipinski definition) is 0. The maximum Gasteiger partial charge on any atom is 0.338 e. The molecule has 0 aromatic rings. The summed E-state index contributed by atoms with van der Waals surface area (Å²) in [5, 5.41) is 0. The van der Waals surface area contributed by atoms with Crippen molar-refractivity contribution in [2.75, 3.05) is 7.11 Å². The molecule has 0 aromatic heterocycles. The molecule has 0 aromatic carbocycles. The standard InChI is InChI=1S/C10H14O2/c1-6-5-7(2)9(8(6)3)10(11)12-4/h5-6H,1-4H3. The van der Waals surface area contributed by atoms with E-state index in [1.54, 1.807) is 0 Å². The predicted molar refractivity (Wildman–Crippen MR) is 47.6 cm³/mol. The van der Waals surface area contributed by atoms with Crippen LogP contribution in [-0.2, 0) is 9.53 Å². The number of allylic oxidation sites excluding steroid dienone is 2. The van der Waals surface area contributed by atoms with Gasteiger partial charge in [-0.3, -0.25) is 0 Å².